The molecular formula is C9H12BCl. The molecule has 0 spiro atoms. The van der Waals surface area contributed by atoms with Crippen LogP contribution in [0.15, 0.2) is 18.2 Å². The monoisotopic (exact) mass is 166 g/mol. The van der Waals surface area contributed by atoms with E-state index in [1.54, 1.807) is 12.1 Å². The molecule has 0 atom stereocenters. The van der Waals surface area contributed by atoms with Crippen LogP contribution < -0.4 is 5.46 Å². The molecule has 0 saturated carbocycles. The van der Waals surface area contributed by atoms with Gasteiger partial charge in [-0.05, 0) is 19.1 Å². The van der Waals surface area contributed by atoms with Gasteiger partial charge < -0.3 is 0 Å². The normalized spacial score (nSPS) is 8.36. The van der Waals surface area contributed by atoms with E-state index in [9.17, 15) is 0 Å². The van der Waals surface area contributed by atoms with Gasteiger partial charge >= 0.3 is 0 Å². The van der Waals surface area contributed by atoms with Gasteiger partial charge in [0.1, 0.15) is 7.85 Å². The van der Waals surface area contributed by atoms with Crippen molar-refractivity contribution in [2.75, 3.05) is 0 Å². The molecule has 0 aliphatic carbocycles. The summed E-state index contributed by atoms with van der Waals surface area (Å²) in [6, 6.07) is 5.43. The molecule has 0 aromatic heterocycles. The molecule has 0 saturated heterocycles. The topological polar surface area (TPSA) is 0 Å². The number of benzene rings is 1. The Morgan fingerprint density at radius 2 is 1.82 bits per heavy atom. The second-order valence-corrected chi connectivity index (χ2v) is 2.44. The third kappa shape index (κ3) is 3.47. The Labute approximate surface area is 75.0 Å². The highest BCUT2D eigenvalue weighted by Gasteiger charge is 1.90. The Balaban J connectivity index is 0.000000461. The smallest absolute Gasteiger partial charge is 0.0937 e. The molecule has 2 heteroatoms. The summed E-state index contributed by atoms with van der Waals surface area (Å²) in [6.45, 7) is 5.93. The zero-order chi connectivity index (χ0) is 8.85. The van der Waals surface area contributed by atoms with Gasteiger partial charge in [-0.25, -0.2) is 0 Å². The van der Waals surface area contributed by atoms with Crippen molar-refractivity contribution in [2.45, 2.75) is 20.8 Å². The molecular weight excluding hydrogens is 154 g/mol. The summed E-state index contributed by atoms with van der Waals surface area (Å²) in [7, 11) is 5.53. The van der Waals surface area contributed by atoms with E-state index in [0.29, 0.717) is 0 Å². The van der Waals surface area contributed by atoms with E-state index in [1.165, 1.54) is 0 Å². The molecule has 0 aliphatic heterocycles. The number of hydrogen-bond donors (Lipinski definition) is 0. The van der Waals surface area contributed by atoms with Gasteiger partial charge in [-0.1, -0.05) is 42.5 Å². The predicted molar refractivity (Wildman–Crippen MR) is 52.9 cm³/mol. The van der Waals surface area contributed by atoms with Gasteiger partial charge in [-0.3, -0.25) is 0 Å². The molecule has 0 fully saturated rings. The first kappa shape index (κ1) is 10.6. The summed E-state index contributed by atoms with van der Waals surface area (Å²) in [5.41, 5.74) is 1.82. The summed E-state index contributed by atoms with van der Waals surface area (Å²) < 4.78 is 0. The fourth-order valence-corrected chi connectivity index (χ4v) is 0.866. The van der Waals surface area contributed by atoms with Crippen LogP contribution in [0.3, 0.4) is 0 Å². The van der Waals surface area contributed by atoms with Gasteiger partial charge in [0.25, 0.3) is 0 Å². The molecule has 0 aliphatic rings. The van der Waals surface area contributed by atoms with Gasteiger partial charge in [0.15, 0.2) is 0 Å². The third-order valence-corrected chi connectivity index (χ3v) is 1.47. The number of hydrogen-bond acceptors (Lipinski definition) is 0. The van der Waals surface area contributed by atoms with Crippen LogP contribution in [-0.2, 0) is 0 Å². The van der Waals surface area contributed by atoms with Crippen molar-refractivity contribution in [1.29, 1.82) is 0 Å². The van der Waals surface area contributed by atoms with E-state index in [4.69, 9.17) is 19.4 Å². The van der Waals surface area contributed by atoms with Crippen molar-refractivity contribution >= 4 is 24.9 Å². The van der Waals surface area contributed by atoms with Crippen LogP contribution in [0, 0.1) is 6.92 Å². The summed E-state index contributed by atoms with van der Waals surface area (Å²) in [5.74, 6) is 0. The molecule has 1 rings (SSSR count). The third-order valence-electron chi connectivity index (χ3n) is 1.23. The molecule has 0 nitrogen and oxygen atoms in total. The van der Waals surface area contributed by atoms with E-state index in [1.807, 2.05) is 26.8 Å². The van der Waals surface area contributed by atoms with E-state index in [2.05, 4.69) is 0 Å². The van der Waals surface area contributed by atoms with Crippen molar-refractivity contribution in [3.63, 3.8) is 0 Å². The minimum atomic E-state index is 0.738. The lowest BCUT2D eigenvalue weighted by Crippen LogP contribution is -2.04. The standard InChI is InChI=1S/C7H6BCl.C2H6/c1-5-4-6(9)2-3-7(5)8;1-2/h2-4H,1H3;1-2H3. The van der Waals surface area contributed by atoms with Gasteiger partial charge in [0.2, 0.25) is 0 Å². The number of aryl methyl sites for hydroxylation is 1. The summed E-state index contributed by atoms with van der Waals surface area (Å²) in [4.78, 5) is 0. The van der Waals surface area contributed by atoms with Crippen LogP contribution in [0.25, 0.3) is 0 Å². The summed E-state index contributed by atoms with van der Waals surface area (Å²) in [5, 5.41) is 0.738. The molecule has 11 heavy (non-hydrogen) atoms. The fraction of sp³-hybridized carbons (Fsp3) is 0.333. The Morgan fingerprint density at radius 3 is 2.18 bits per heavy atom. The fourth-order valence-electron chi connectivity index (χ4n) is 0.639. The highest BCUT2D eigenvalue weighted by molar-refractivity contribution is 6.35. The quantitative estimate of drug-likeness (QED) is 0.520. The molecule has 2 radical (unpaired) electrons. The highest BCUT2D eigenvalue weighted by Crippen LogP contribution is 2.06. The van der Waals surface area contributed by atoms with Crippen molar-refractivity contribution in [3.05, 3.63) is 28.8 Å². The zero-order valence-electron chi connectivity index (χ0n) is 7.19. The first-order valence-electron chi connectivity index (χ1n) is 3.72. The lowest BCUT2D eigenvalue weighted by Gasteiger charge is -1.97. The maximum atomic E-state index is 5.66. The highest BCUT2D eigenvalue weighted by atomic mass is 35.5. The van der Waals surface area contributed by atoms with Crippen LogP contribution in [0.2, 0.25) is 5.02 Å². The second-order valence-electron chi connectivity index (χ2n) is 2.00. The van der Waals surface area contributed by atoms with Crippen molar-refractivity contribution in [2.24, 2.45) is 0 Å². The van der Waals surface area contributed by atoms with Gasteiger partial charge in [0.05, 0.1) is 0 Å². The average molecular weight is 166 g/mol. The minimum absolute atomic E-state index is 0.738. The summed E-state index contributed by atoms with van der Waals surface area (Å²) >= 11 is 5.66. The SMILES string of the molecule is CC.[B]c1ccc(Cl)cc1C. The maximum absolute atomic E-state index is 5.66. The molecule has 0 heterocycles. The largest absolute Gasteiger partial charge is 0.114 e. The molecule has 58 valence electrons. The van der Waals surface area contributed by atoms with E-state index in [-0.39, 0.29) is 0 Å². The van der Waals surface area contributed by atoms with Crippen LogP contribution in [0.1, 0.15) is 19.4 Å². The van der Waals surface area contributed by atoms with E-state index < -0.39 is 0 Å². The van der Waals surface area contributed by atoms with Crippen LogP contribution in [0.5, 0.6) is 0 Å². The molecule has 0 bridgehead atoms. The Bertz CT molecular complexity index is 221. The Morgan fingerprint density at radius 1 is 1.27 bits per heavy atom. The Hall–Kier alpha value is -0.425. The van der Waals surface area contributed by atoms with Crippen molar-refractivity contribution < 1.29 is 0 Å². The second kappa shape index (κ2) is 5.25. The first-order valence-corrected chi connectivity index (χ1v) is 4.09. The lowest BCUT2D eigenvalue weighted by atomic mass is 9.92. The van der Waals surface area contributed by atoms with Crippen molar-refractivity contribution in [3.8, 4) is 0 Å². The first-order chi connectivity index (χ1) is 5.20. The maximum Gasteiger partial charge on any atom is 0.114 e. The van der Waals surface area contributed by atoms with Crippen LogP contribution in [-0.4, -0.2) is 7.85 Å². The molecule has 0 unspecified atom stereocenters. The van der Waals surface area contributed by atoms with Crippen molar-refractivity contribution in [1.82, 2.24) is 0 Å². The van der Waals surface area contributed by atoms with E-state index in [0.717, 1.165) is 16.0 Å². The minimum Gasteiger partial charge on any atom is -0.0937 e. The predicted octanol–water partition coefficient (Wildman–Crippen LogP) is 2.47. The van der Waals surface area contributed by atoms with Gasteiger partial charge in [0, 0.05) is 5.02 Å². The number of halogens is 1. The van der Waals surface area contributed by atoms with E-state index >= 15 is 0 Å². The van der Waals surface area contributed by atoms with Crippen LogP contribution >= 0.6 is 11.6 Å². The van der Waals surface area contributed by atoms with Gasteiger partial charge in [-0.2, -0.15) is 0 Å². The molecule has 1 aromatic rings. The molecule has 1 aromatic carbocycles. The zero-order valence-corrected chi connectivity index (χ0v) is 7.94. The molecule has 0 amide bonds. The summed E-state index contributed by atoms with van der Waals surface area (Å²) in [6.07, 6.45) is 0. The number of rotatable bonds is 0. The molecule has 0 N–H and O–H groups in total. The lowest BCUT2D eigenvalue weighted by molar-refractivity contribution is 1.50. The van der Waals surface area contributed by atoms with Crippen LogP contribution in [0.4, 0.5) is 0 Å². The van der Waals surface area contributed by atoms with Gasteiger partial charge in [-0.15, -0.1) is 0 Å². The Kier molecular flexibility index (Phi) is 5.05. The average Bonchev–Trinajstić information content (AvgIpc) is 2.02.